The summed E-state index contributed by atoms with van der Waals surface area (Å²) in [5.74, 6) is -1.54. The van der Waals surface area contributed by atoms with Crippen LogP contribution in [0.2, 0.25) is 5.02 Å². The lowest BCUT2D eigenvalue weighted by Crippen LogP contribution is -2.01. The van der Waals surface area contributed by atoms with Crippen LogP contribution < -0.4 is 4.74 Å². The highest BCUT2D eigenvalue weighted by Crippen LogP contribution is 2.38. The van der Waals surface area contributed by atoms with Gasteiger partial charge in [-0.3, -0.25) is 4.79 Å². The van der Waals surface area contributed by atoms with Crippen molar-refractivity contribution in [2.75, 3.05) is 7.11 Å². The van der Waals surface area contributed by atoms with E-state index in [2.05, 4.69) is 0 Å². The van der Waals surface area contributed by atoms with Crippen LogP contribution in [0.1, 0.15) is 12.5 Å². The van der Waals surface area contributed by atoms with Crippen molar-refractivity contribution in [1.82, 2.24) is 0 Å². The fourth-order valence-electron chi connectivity index (χ4n) is 1.26. The summed E-state index contributed by atoms with van der Waals surface area (Å²) in [6.07, 6.45) is 0.0140. The summed E-state index contributed by atoms with van der Waals surface area (Å²) in [7, 11) is 1.34. The van der Waals surface area contributed by atoms with Gasteiger partial charge in [0.15, 0.2) is 11.6 Å². The predicted octanol–water partition coefficient (Wildman–Crippen LogP) is 2.32. The number of methoxy groups -OCH3 is 1. The third kappa shape index (κ3) is 2.39. The molecule has 0 unspecified atom stereocenters. The minimum absolute atomic E-state index is 0.0140. The molecule has 15 heavy (non-hydrogen) atoms. The highest BCUT2D eigenvalue weighted by molar-refractivity contribution is 6.33. The van der Waals surface area contributed by atoms with Gasteiger partial charge in [-0.25, -0.2) is 4.39 Å². The zero-order valence-corrected chi connectivity index (χ0v) is 9.06. The Hall–Kier alpha value is -1.29. The summed E-state index contributed by atoms with van der Waals surface area (Å²) in [4.78, 5) is 10.9. The van der Waals surface area contributed by atoms with Gasteiger partial charge in [-0.2, -0.15) is 0 Å². The van der Waals surface area contributed by atoms with Gasteiger partial charge in [0.05, 0.1) is 7.11 Å². The molecule has 0 heterocycles. The number of Topliss-reactive ketones (excluding diaryl/α,β-unsaturated/α-hetero) is 1. The van der Waals surface area contributed by atoms with Gasteiger partial charge in [0.25, 0.3) is 0 Å². The highest BCUT2D eigenvalue weighted by Gasteiger charge is 2.17. The first-order valence-corrected chi connectivity index (χ1v) is 4.58. The normalized spacial score (nSPS) is 10.1. The number of benzene rings is 1. The molecule has 1 rings (SSSR count). The Balaban J connectivity index is 3.31. The molecule has 0 aliphatic rings. The van der Waals surface area contributed by atoms with E-state index in [1.165, 1.54) is 14.0 Å². The average molecular weight is 233 g/mol. The Morgan fingerprint density at radius 2 is 2.27 bits per heavy atom. The molecule has 0 atom stereocenters. The Labute approximate surface area is 91.4 Å². The van der Waals surface area contributed by atoms with Crippen LogP contribution in [0.5, 0.6) is 11.5 Å². The summed E-state index contributed by atoms with van der Waals surface area (Å²) in [6, 6.07) is 1.04. The van der Waals surface area contributed by atoms with Gasteiger partial charge in [0.2, 0.25) is 0 Å². The number of rotatable bonds is 3. The predicted molar refractivity (Wildman–Crippen MR) is 54.0 cm³/mol. The van der Waals surface area contributed by atoms with Crippen LogP contribution in [0.25, 0.3) is 0 Å². The first kappa shape index (κ1) is 11.8. The van der Waals surface area contributed by atoms with Gasteiger partial charge in [0.1, 0.15) is 16.6 Å². The number of carbonyl (C=O) groups is 1. The molecule has 0 aliphatic heterocycles. The minimum Gasteiger partial charge on any atom is -0.504 e. The van der Waals surface area contributed by atoms with Crippen molar-refractivity contribution in [1.29, 1.82) is 0 Å². The average Bonchev–Trinajstić information content (AvgIpc) is 2.14. The van der Waals surface area contributed by atoms with Crippen molar-refractivity contribution in [3.05, 3.63) is 22.5 Å². The van der Waals surface area contributed by atoms with Crippen molar-refractivity contribution in [3.8, 4) is 11.5 Å². The minimum atomic E-state index is -0.864. The zero-order valence-electron chi connectivity index (χ0n) is 8.30. The zero-order chi connectivity index (χ0) is 11.6. The molecule has 0 aliphatic carbocycles. The van der Waals surface area contributed by atoms with Gasteiger partial charge < -0.3 is 9.84 Å². The summed E-state index contributed by atoms with van der Waals surface area (Å²) in [5, 5.41) is 8.99. The van der Waals surface area contributed by atoms with E-state index < -0.39 is 11.6 Å². The maximum absolute atomic E-state index is 13.1. The Kier molecular flexibility index (Phi) is 3.52. The number of phenols is 1. The molecule has 0 amide bonds. The molecule has 0 saturated heterocycles. The van der Waals surface area contributed by atoms with E-state index in [1.54, 1.807) is 0 Å². The van der Waals surface area contributed by atoms with E-state index in [0.717, 1.165) is 6.07 Å². The van der Waals surface area contributed by atoms with Crippen LogP contribution in [0, 0.1) is 5.82 Å². The van der Waals surface area contributed by atoms with Crippen LogP contribution in [0.15, 0.2) is 6.07 Å². The second kappa shape index (κ2) is 4.49. The lowest BCUT2D eigenvalue weighted by atomic mass is 10.1. The van der Waals surface area contributed by atoms with Gasteiger partial charge in [-0.15, -0.1) is 0 Å². The van der Waals surface area contributed by atoms with Crippen molar-refractivity contribution in [2.45, 2.75) is 13.3 Å². The molecule has 82 valence electrons. The number of aromatic hydroxyl groups is 1. The van der Waals surface area contributed by atoms with Gasteiger partial charge in [-0.05, 0) is 13.0 Å². The van der Waals surface area contributed by atoms with Crippen molar-refractivity contribution in [2.24, 2.45) is 0 Å². The molecule has 0 fully saturated rings. The van der Waals surface area contributed by atoms with Crippen LogP contribution in [0.4, 0.5) is 4.39 Å². The van der Waals surface area contributed by atoms with E-state index in [-0.39, 0.29) is 23.0 Å². The number of halogens is 2. The number of ether oxygens (including phenoxy) is 1. The van der Waals surface area contributed by atoms with Gasteiger partial charge >= 0.3 is 0 Å². The number of hydrogen-bond acceptors (Lipinski definition) is 3. The number of carbonyl (C=O) groups excluding carboxylic acids is 1. The Morgan fingerprint density at radius 3 is 2.73 bits per heavy atom. The van der Waals surface area contributed by atoms with E-state index in [0.29, 0.717) is 5.56 Å². The summed E-state index contributed by atoms with van der Waals surface area (Å²) in [6.45, 7) is 1.37. The number of ketones is 1. The lowest BCUT2D eigenvalue weighted by molar-refractivity contribution is -0.116. The molecule has 0 aromatic heterocycles. The summed E-state index contributed by atoms with van der Waals surface area (Å²) >= 11 is 5.66. The number of hydrogen-bond donors (Lipinski definition) is 1. The maximum Gasteiger partial charge on any atom is 0.174 e. The van der Waals surface area contributed by atoms with Gasteiger partial charge in [0, 0.05) is 12.0 Å². The van der Waals surface area contributed by atoms with E-state index in [4.69, 9.17) is 16.3 Å². The molecule has 0 spiro atoms. The third-order valence-electron chi connectivity index (χ3n) is 1.87. The van der Waals surface area contributed by atoms with Crippen LogP contribution >= 0.6 is 11.6 Å². The van der Waals surface area contributed by atoms with Crippen LogP contribution in [-0.2, 0) is 11.2 Å². The standard InChI is InChI=1S/C10H10ClFO3/c1-5(13)3-6-4-7(12)9(14)8(11)10(6)15-2/h4,14H,3H2,1-2H3. The molecular weight excluding hydrogens is 223 g/mol. The van der Waals surface area contributed by atoms with E-state index >= 15 is 0 Å². The third-order valence-corrected chi connectivity index (χ3v) is 2.22. The van der Waals surface area contributed by atoms with Gasteiger partial charge in [-0.1, -0.05) is 11.6 Å². The smallest absolute Gasteiger partial charge is 0.174 e. The first-order chi connectivity index (χ1) is 6.97. The largest absolute Gasteiger partial charge is 0.504 e. The second-order valence-electron chi connectivity index (χ2n) is 3.09. The SMILES string of the molecule is COc1c(CC(C)=O)cc(F)c(O)c1Cl. The van der Waals surface area contributed by atoms with Crippen molar-refractivity contribution < 1.29 is 19.0 Å². The first-order valence-electron chi connectivity index (χ1n) is 4.20. The maximum atomic E-state index is 13.1. The van der Waals surface area contributed by atoms with E-state index in [1.807, 2.05) is 0 Å². The molecule has 0 radical (unpaired) electrons. The lowest BCUT2D eigenvalue weighted by Gasteiger charge is -2.10. The Bertz CT molecular complexity index is 404. The summed E-state index contributed by atoms with van der Waals surface area (Å²) in [5.41, 5.74) is 0.324. The van der Waals surface area contributed by atoms with Crippen molar-refractivity contribution >= 4 is 17.4 Å². The molecular formula is C10H10ClFO3. The van der Waals surface area contributed by atoms with Crippen molar-refractivity contribution in [3.63, 3.8) is 0 Å². The van der Waals surface area contributed by atoms with Crippen LogP contribution in [0.3, 0.4) is 0 Å². The molecule has 1 aromatic rings. The fourth-order valence-corrected chi connectivity index (χ4v) is 1.55. The van der Waals surface area contributed by atoms with E-state index in [9.17, 15) is 14.3 Å². The second-order valence-corrected chi connectivity index (χ2v) is 3.47. The highest BCUT2D eigenvalue weighted by atomic mass is 35.5. The molecule has 5 heteroatoms. The summed E-state index contributed by atoms with van der Waals surface area (Å²) < 4.78 is 18.0. The number of phenolic OH excluding ortho intramolecular Hbond substituents is 1. The molecule has 3 nitrogen and oxygen atoms in total. The quantitative estimate of drug-likeness (QED) is 0.870. The fraction of sp³-hybridized carbons (Fsp3) is 0.300. The molecule has 0 saturated carbocycles. The Morgan fingerprint density at radius 1 is 1.67 bits per heavy atom. The molecule has 0 bridgehead atoms. The molecule has 1 aromatic carbocycles. The monoisotopic (exact) mass is 232 g/mol. The molecule has 1 N–H and O–H groups in total. The van der Waals surface area contributed by atoms with Crippen LogP contribution in [-0.4, -0.2) is 18.0 Å². The topological polar surface area (TPSA) is 46.5 Å².